The summed E-state index contributed by atoms with van der Waals surface area (Å²) in [5.74, 6) is -0.425. The van der Waals surface area contributed by atoms with E-state index in [1.165, 1.54) is 0 Å². The Kier molecular flexibility index (Phi) is 1.95. The minimum absolute atomic E-state index is 0.0157. The number of aromatic nitrogens is 1. The number of nitrogens with one attached hydrogen (secondary N) is 2. The third-order valence-corrected chi connectivity index (χ3v) is 3.00. The largest absolute Gasteiger partial charge is 0.342 e. The average Bonchev–Trinajstić information content (AvgIpc) is 2.50. The molecule has 0 unspecified atom stereocenters. The molecule has 5 nitrogen and oxygen atoms in total. The Bertz CT molecular complexity index is 642. The molecule has 2 amide bonds. The Labute approximate surface area is 97.4 Å². The van der Waals surface area contributed by atoms with Gasteiger partial charge in [0.2, 0.25) is 5.91 Å². The van der Waals surface area contributed by atoms with Crippen molar-refractivity contribution in [3.05, 3.63) is 30.0 Å². The van der Waals surface area contributed by atoms with Crippen molar-refractivity contribution in [3.63, 3.8) is 0 Å². The van der Waals surface area contributed by atoms with Gasteiger partial charge in [-0.1, -0.05) is 18.2 Å². The van der Waals surface area contributed by atoms with Crippen molar-refractivity contribution in [1.82, 2.24) is 9.88 Å². The number of fused-ring (bicyclic) bond motifs is 3. The number of carbonyl (C=O) groups excluding carboxylic acids is 2. The molecule has 3 rings (SSSR count). The fourth-order valence-electron chi connectivity index (χ4n) is 2.21. The Balaban J connectivity index is 2.39. The van der Waals surface area contributed by atoms with E-state index in [9.17, 15) is 9.59 Å². The highest BCUT2D eigenvalue weighted by Gasteiger charge is 2.25. The molecular formula is C12H11N3O2. The zero-order valence-corrected chi connectivity index (χ0v) is 9.28. The number of benzene rings is 1. The summed E-state index contributed by atoms with van der Waals surface area (Å²) in [4.78, 5) is 23.4. The quantitative estimate of drug-likeness (QED) is 0.703. The molecule has 86 valence electrons. The lowest BCUT2D eigenvalue weighted by Crippen LogP contribution is -2.29. The van der Waals surface area contributed by atoms with E-state index in [2.05, 4.69) is 10.6 Å². The number of hydrogen-bond acceptors (Lipinski definition) is 2. The van der Waals surface area contributed by atoms with Crippen LogP contribution >= 0.6 is 0 Å². The van der Waals surface area contributed by atoms with Crippen LogP contribution < -0.4 is 10.6 Å². The first kappa shape index (κ1) is 9.89. The molecular weight excluding hydrogens is 218 g/mol. The van der Waals surface area contributed by atoms with Crippen molar-refractivity contribution in [2.24, 2.45) is 7.05 Å². The van der Waals surface area contributed by atoms with E-state index in [1.54, 1.807) is 4.57 Å². The van der Waals surface area contributed by atoms with Crippen molar-refractivity contribution in [2.75, 3.05) is 11.9 Å². The van der Waals surface area contributed by atoms with Crippen molar-refractivity contribution in [1.29, 1.82) is 0 Å². The van der Waals surface area contributed by atoms with Crippen molar-refractivity contribution >= 4 is 28.4 Å². The maximum Gasteiger partial charge on any atom is 0.270 e. The number of anilines is 1. The number of hydrogen-bond donors (Lipinski definition) is 2. The van der Waals surface area contributed by atoms with Crippen LogP contribution in [0.4, 0.5) is 5.69 Å². The van der Waals surface area contributed by atoms with E-state index in [0.717, 1.165) is 10.9 Å². The minimum atomic E-state index is -0.225. The number of rotatable bonds is 0. The van der Waals surface area contributed by atoms with E-state index >= 15 is 0 Å². The van der Waals surface area contributed by atoms with E-state index in [-0.39, 0.29) is 18.4 Å². The minimum Gasteiger partial charge on any atom is -0.342 e. The molecule has 1 aromatic heterocycles. The van der Waals surface area contributed by atoms with Gasteiger partial charge in [-0.3, -0.25) is 9.59 Å². The van der Waals surface area contributed by atoms with Crippen LogP contribution in [0.5, 0.6) is 0 Å². The van der Waals surface area contributed by atoms with Crippen LogP contribution in [0.1, 0.15) is 10.5 Å². The third-order valence-electron chi connectivity index (χ3n) is 3.00. The molecule has 0 fully saturated rings. The molecule has 0 aliphatic carbocycles. The number of carbonyl (C=O) groups is 2. The topological polar surface area (TPSA) is 63.1 Å². The molecule has 0 atom stereocenters. The van der Waals surface area contributed by atoms with Gasteiger partial charge < -0.3 is 15.2 Å². The number of amides is 2. The molecule has 0 saturated heterocycles. The van der Waals surface area contributed by atoms with Crippen LogP contribution in [-0.4, -0.2) is 22.9 Å². The van der Waals surface area contributed by atoms with E-state index in [0.29, 0.717) is 11.4 Å². The molecule has 1 aliphatic heterocycles. The van der Waals surface area contributed by atoms with Crippen molar-refractivity contribution < 1.29 is 9.59 Å². The molecule has 0 saturated carbocycles. The highest BCUT2D eigenvalue weighted by atomic mass is 16.2. The van der Waals surface area contributed by atoms with Gasteiger partial charge in [-0.2, -0.15) is 0 Å². The van der Waals surface area contributed by atoms with Crippen LogP contribution in [-0.2, 0) is 11.8 Å². The van der Waals surface area contributed by atoms with Gasteiger partial charge in [-0.05, 0) is 6.07 Å². The normalized spacial score (nSPS) is 15.1. The lowest BCUT2D eigenvalue weighted by atomic mass is 10.2. The van der Waals surface area contributed by atoms with Crippen molar-refractivity contribution in [2.45, 2.75) is 0 Å². The maximum atomic E-state index is 11.9. The Hall–Kier alpha value is -2.30. The summed E-state index contributed by atoms with van der Waals surface area (Å²) in [6.07, 6.45) is 0. The number of para-hydroxylation sites is 1. The Morgan fingerprint density at radius 1 is 1.24 bits per heavy atom. The standard InChI is InChI=1S/C12H11N3O2/c1-15-8-5-3-2-4-7(8)10-11(15)12(17)13-6-9(16)14-10/h2-5H,6H2,1H3,(H,13,17)(H,14,16). The second-order valence-corrected chi connectivity index (χ2v) is 4.03. The van der Waals surface area contributed by atoms with Gasteiger partial charge in [0.1, 0.15) is 5.69 Å². The number of nitrogens with zero attached hydrogens (tertiary/aromatic N) is 1. The van der Waals surface area contributed by atoms with Crippen molar-refractivity contribution in [3.8, 4) is 0 Å². The summed E-state index contributed by atoms with van der Waals surface area (Å²) in [6, 6.07) is 7.61. The predicted molar refractivity (Wildman–Crippen MR) is 63.9 cm³/mol. The van der Waals surface area contributed by atoms with Crippen LogP contribution in [0.3, 0.4) is 0 Å². The van der Waals surface area contributed by atoms with E-state index < -0.39 is 0 Å². The van der Waals surface area contributed by atoms with Crippen LogP contribution in [0.2, 0.25) is 0 Å². The highest BCUT2D eigenvalue weighted by Crippen LogP contribution is 2.30. The summed E-state index contributed by atoms with van der Waals surface area (Å²) in [7, 11) is 1.82. The first-order valence-electron chi connectivity index (χ1n) is 5.34. The molecule has 0 spiro atoms. The van der Waals surface area contributed by atoms with Gasteiger partial charge >= 0.3 is 0 Å². The smallest absolute Gasteiger partial charge is 0.270 e. The Morgan fingerprint density at radius 2 is 2.00 bits per heavy atom. The van der Waals surface area contributed by atoms with E-state index in [4.69, 9.17) is 0 Å². The second kappa shape index (κ2) is 3.35. The zero-order chi connectivity index (χ0) is 12.0. The lowest BCUT2D eigenvalue weighted by molar-refractivity contribution is -0.115. The molecule has 1 aromatic carbocycles. The zero-order valence-electron chi connectivity index (χ0n) is 9.28. The molecule has 5 heteroatoms. The second-order valence-electron chi connectivity index (χ2n) is 4.03. The van der Waals surface area contributed by atoms with Crippen LogP contribution in [0, 0.1) is 0 Å². The molecule has 17 heavy (non-hydrogen) atoms. The fourth-order valence-corrected chi connectivity index (χ4v) is 2.21. The monoisotopic (exact) mass is 229 g/mol. The maximum absolute atomic E-state index is 11.9. The fraction of sp³-hybridized carbons (Fsp3) is 0.167. The average molecular weight is 229 g/mol. The number of aryl methyl sites for hydroxylation is 1. The highest BCUT2D eigenvalue weighted by molar-refractivity contribution is 6.15. The van der Waals surface area contributed by atoms with Gasteiger partial charge in [0, 0.05) is 12.4 Å². The first-order valence-corrected chi connectivity index (χ1v) is 5.34. The molecule has 0 bridgehead atoms. The van der Waals surface area contributed by atoms with Crippen LogP contribution in [0.25, 0.3) is 10.9 Å². The summed E-state index contributed by atoms with van der Waals surface area (Å²) in [5, 5.41) is 6.24. The lowest BCUT2D eigenvalue weighted by Gasteiger charge is -2.02. The predicted octanol–water partition coefficient (Wildman–Crippen LogP) is 0.860. The summed E-state index contributed by atoms with van der Waals surface area (Å²) < 4.78 is 1.80. The molecule has 2 N–H and O–H groups in total. The molecule has 0 radical (unpaired) electrons. The molecule has 2 aromatic rings. The van der Waals surface area contributed by atoms with Crippen LogP contribution in [0.15, 0.2) is 24.3 Å². The van der Waals surface area contributed by atoms with Gasteiger partial charge in [-0.25, -0.2) is 0 Å². The molecule has 1 aliphatic rings. The SMILES string of the molecule is Cn1c2c(c3ccccc31)NC(=O)CNC2=O. The molecule has 2 heterocycles. The Morgan fingerprint density at radius 3 is 2.82 bits per heavy atom. The summed E-state index contributed by atoms with van der Waals surface area (Å²) >= 11 is 0. The van der Waals surface area contributed by atoms with E-state index in [1.807, 2.05) is 31.3 Å². The summed E-state index contributed by atoms with van der Waals surface area (Å²) in [5.41, 5.74) is 2.02. The van der Waals surface area contributed by atoms with Gasteiger partial charge in [0.15, 0.2) is 0 Å². The van der Waals surface area contributed by atoms with Gasteiger partial charge in [0.05, 0.1) is 17.7 Å². The van der Waals surface area contributed by atoms with Gasteiger partial charge in [0.25, 0.3) is 5.91 Å². The van der Waals surface area contributed by atoms with Gasteiger partial charge in [-0.15, -0.1) is 0 Å². The third kappa shape index (κ3) is 1.32. The first-order chi connectivity index (χ1) is 8.18. The summed E-state index contributed by atoms with van der Waals surface area (Å²) in [6.45, 7) is 0.0157.